The van der Waals surface area contributed by atoms with Crippen LogP contribution in [0.15, 0.2) is 12.5 Å². The predicted octanol–water partition coefficient (Wildman–Crippen LogP) is -0.699. The molecular formula is C7H8N4O2. The molecular weight excluding hydrogens is 172 g/mol. The summed E-state index contributed by atoms with van der Waals surface area (Å²) in [5, 5.41) is 4.59. The Hall–Kier alpha value is -1.85. The Labute approximate surface area is 73.9 Å². The van der Waals surface area contributed by atoms with Gasteiger partial charge in [0.1, 0.15) is 0 Å². The van der Waals surface area contributed by atoms with Gasteiger partial charge in [-0.15, -0.1) is 0 Å². The molecule has 1 aliphatic heterocycles. The minimum absolute atomic E-state index is 0.358. The maximum absolute atomic E-state index is 11.2. The SMILES string of the molecule is Cn1cnc(C2NC(=O)NC2=O)c1. The lowest BCUT2D eigenvalue weighted by Gasteiger charge is -2.00. The lowest BCUT2D eigenvalue weighted by atomic mass is 10.2. The summed E-state index contributed by atoms with van der Waals surface area (Å²) in [6.07, 6.45) is 3.27. The number of carbonyl (C=O) groups excluding carboxylic acids is 2. The van der Waals surface area contributed by atoms with E-state index < -0.39 is 12.1 Å². The van der Waals surface area contributed by atoms with E-state index in [2.05, 4.69) is 15.6 Å². The number of carbonyl (C=O) groups is 2. The van der Waals surface area contributed by atoms with Crippen molar-refractivity contribution in [2.24, 2.45) is 7.05 Å². The number of nitrogens with zero attached hydrogens (tertiary/aromatic N) is 2. The van der Waals surface area contributed by atoms with Gasteiger partial charge < -0.3 is 9.88 Å². The van der Waals surface area contributed by atoms with Crippen LogP contribution in [0.25, 0.3) is 0 Å². The van der Waals surface area contributed by atoms with E-state index in [0.717, 1.165) is 0 Å². The fraction of sp³-hybridized carbons (Fsp3) is 0.286. The van der Waals surface area contributed by atoms with Gasteiger partial charge in [0, 0.05) is 13.2 Å². The van der Waals surface area contributed by atoms with Gasteiger partial charge in [0.15, 0.2) is 6.04 Å². The number of rotatable bonds is 1. The van der Waals surface area contributed by atoms with Crippen LogP contribution in [0.3, 0.4) is 0 Å². The molecule has 0 radical (unpaired) electrons. The van der Waals surface area contributed by atoms with Crippen LogP contribution in [0.4, 0.5) is 4.79 Å². The smallest absolute Gasteiger partial charge is 0.322 e. The van der Waals surface area contributed by atoms with Crippen LogP contribution in [0, 0.1) is 0 Å². The van der Waals surface area contributed by atoms with Crippen molar-refractivity contribution in [1.29, 1.82) is 0 Å². The second-order valence-corrected chi connectivity index (χ2v) is 2.86. The lowest BCUT2D eigenvalue weighted by Crippen LogP contribution is -2.22. The van der Waals surface area contributed by atoms with Gasteiger partial charge >= 0.3 is 6.03 Å². The van der Waals surface area contributed by atoms with Gasteiger partial charge in [0.25, 0.3) is 5.91 Å². The van der Waals surface area contributed by atoms with E-state index >= 15 is 0 Å². The first-order chi connectivity index (χ1) is 6.16. The Morgan fingerprint density at radius 3 is 2.77 bits per heavy atom. The highest BCUT2D eigenvalue weighted by molar-refractivity contribution is 6.04. The first-order valence-corrected chi connectivity index (χ1v) is 3.76. The molecule has 68 valence electrons. The number of imide groups is 1. The fourth-order valence-corrected chi connectivity index (χ4v) is 1.21. The van der Waals surface area contributed by atoms with Crippen molar-refractivity contribution >= 4 is 11.9 Å². The largest absolute Gasteiger partial charge is 0.340 e. The summed E-state index contributed by atoms with van der Waals surface area (Å²) in [7, 11) is 1.80. The number of amides is 3. The van der Waals surface area contributed by atoms with E-state index in [0.29, 0.717) is 5.69 Å². The van der Waals surface area contributed by atoms with Gasteiger partial charge in [-0.3, -0.25) is 10.1 Å². The number of aryl methyl sites for hydroxylation is 1. The summed E-state index contributed by atoms with van der Waals surface area (Å²) in [5.41, 5.74) is 0.547. The average Bonchev–Trinajstić information content (AvgIpc) is 2.58. The molecule has 0 bridgehead atoms. The lowest BCUT2D eigenvalue weighted by molar-refractivity contribution is -0.120. The van der Waals surface area contributed by atoms with Gasteiger partial charge in [0.05, 0.1) is 12.0 Å². The van der Waals surface area contributed by atoms with Crippen molar-refractivity contribution in [2.45, 2.75) is 6.04 Å². The number of nitrogens with one attached hydrogen (secondary N) is 2. The molecule has 1 saturated heterocycles. The molecule has 1 fully saturated rings. The molecule has 1 aliphatic rings. The summed E-state index contributed by atoms with van der Waals surface area (Å²) in [6, 6.07) is -1.12. The molecule has 2 rings (SSSR count). The second kappa shape index (κ2) is 2.58. The molecule has 0 saturated carbocycles. The molecule has 0 aliphatic carbocycles. The van der Waals surface area contributed by atoms with E-state index in [4.69, 9.17) is 0 Å². The second-order valence-electron chi connectivity index (χ2n) is 2.86. The Bertz CT molecular complexity index is 370. The van der Waals surface area contributed by atoms with Gasteiger partial charge in [-0.05, 0) is 0 Å². The van der Waals surface area contributed by atoms with Gasteiger partial charge in [-0.25, -0.2) is 9.78 Å². The number of hydrogen-bond acceptors (Lipinski definition) is 3. The normalized spacial score (nSPS) is 21.5. The molecule has 6 nitrogen and oxygen atoms in total. The molecule has 3 amide bonds. The van der Waals surface area contributed by atoms with Crippen LogP contribution in [0.2, 0.25) is 0 Å². The Kier molecular flexibility index (Phi) is 1.54. The minimum atomic E-state index is -0.645. The monoisotopic (exact) mass is 180 g/mol. The molecule has 1 atom stereocenters. The van der Waals surface area contributed by atoms with Gasteiger partial charge in [-0.1, -0.05) is 0 Å². The number of urea groups is 1. The first kappa shape index (κ1) is 7.78. The van der Waals surface area contributed by atoms with E-state index in [9.17, 15) is 9.59 Å². The van der Waals surface area contributed by atoms with Crippen molar-refractivity contribution in [1.82, 2.24) is 20.2 Å². The highest BCUT2D eigenvalue weighted by Gasteiger charge is 2.32. The van der Waals surface area contributed by atoms with Crippen LogP contribution in [0.5, 0.6) is 0 Å². The van der Waals surface area contributed by atoms with Crippen LogP contribution in [-0.4, -0.2) is 21.5 Å². The minimum Gasteiger partial charge on any atom is -0.340 e. The maximum atomic E-state index is 11.2. The van der Waals surface area contributed by atoms with Crippen LogP contribution in [0.1, 0.15) is 11.7 Å². The summed E-state index contributed by atoms with van der Waals surface area (Å²) < 4.78 is 1.72. The zero-order chi connectivity index (χ0) is 9.42. The molecule has 2 heterocycles. The molecule has 1 aromatic rings. The summed E-state index contributed by atoms with van der Waals surface area (Å²) in [5.74, 6) is -0.358. The summed E-state index contributed by atoms with van der Waals surface area (Å²) in [6.45, 7) is 0. The zero-order valence-electron chi connectivity index (χ0n) is 6.94. The molecule has 1 aromatic heterocycles. The quantitative estimate of drug-likeness (QED) is 0.561. The fourth-order valence-electron chi connectivity index (χ4n) is 1.21. The Morgan fingerprint density at radius 1 is 1.54 bits per heavy atom. The van der Waals surface area contributed by atoms with Crippen LogP contribution >= 0.6 is 0 Å². The summed E-state index contributed by atoms with van der Waals surface area (Å²) >= 11 is 0. The molecule has 2 N–H and O–H groups in total. The Morgan fingerprint density at radius 2 is 2.31 bits per heavy atom. The third-order valence-corrected chi connectivity index (χ3v) is 1.79. The van der Waals surface area contributed by atoms with E-state index in [-0.39, 0.29) is 5.91 Å². The number of hydrogen-bond donors (Lipinski definition) is 2. The van der Waals surface area contributed by atoms with E-state index in [1.165, 1.54) is 0 Å². The predicted molar refractivity (Wildman–Crippen MR) is 42.6 cm³/mol. The van der Waals surface area contributed by atoms with Crippen molar-refractivity contribution < 1.29 is 9.59 Å². The average molecular weight is 180 g/mol. The van der Waals surface area contributed by atoms with Gasteiger partial charge in [-0.2, -0.15) is 0 Å². The van der Waals surface area contributed by atoms with Crippen LogP contribution in [-0.2, 0) is 11.8 Å². The van der Waals surface area contributed by atoms with Gasteiger partial charge in [0.2, 0.25) is 0 Å². The molecule has 1 unspecified atom stereocenters. The van der Waals surface area contributed by atoms with Crippen molar-refractivity contribution in [3.8, 4) is 0 Å². The zero-order valence-corrected chi connectivity index (χ0v) is 6.94. The third-order valence-electron chi connectivity index (χ3n) is 1.79. The maximum Gasteiger partial charge on any atom is 0.322 e. The number of imidazole rings is 1. The summed E-state index contributed by atoms with van der Waals surface area (Å²) in [4.78, 5) is 25.9. The van der Waals surface area contributed by atoms with Crippen molar-refractivity contribution in [3.05, 3.63) is 18.2 Å². The molecule has 13 heavy (non-hydrogen) atoms. The topological polar surface area (TPSA) is 76.0 Å². The van der Waals surface area contributed by atoms with Crippen molar-refractivity contribution in [3.63, 3.8) is 0 Å². The Balaban J connectivity index is 2.27. The number of aromatic nitrogens is 2. The van der Waals surface area contributed by atoms with Crippen LogP contribution < -0.4 is 10.6 Å². The molecule has 6 heteroatoms. The van der Waals surface area contributed by atoms with E-state index in [1.54, 1.807) is 24.1 Å². The molecule has 0 aromatic carbocycles. The first-order valence-electron chi connectivity index (χ1n) is 3.76. The van der Waals surface area contributed by atoms with E-state index in [1.807, 2.05) is 0 Å². The molecule has 0 spiro atoms. The highest BCUT2D eigenvalue weighted by Crippen LogP contribution is 2.13. The third kappa shape index (κ3) is 1.26. The standard InChI is InChI=1S/C7H8N4O2/c1-11-2-4(8-3-11)5-6(12)10-7(13)9-5/h2-3,5H,1H3,(H2,9,10,12,13). The van der Waals surface area contributed by atoms with Crippen molar-refractivity contribution in [2.75, 3.05) is 0 Å². The highest BCUT2D eigenvalue weighted by atomic mass is 16.2.